The fourth-order valence-corrected chi connectivity index (χ4v) is 5.30. The number of thioether (sulfide) groups is 1. The average Bonchev–Trinajstić information content (AvgIpc) is 3.66. The van der Waals surface area contributed by atoms with Crippen LogP contribution in [0, 0.1) is 6.92 Å². The number of nitrogens with one attached hydrogen (secondary N) is 1. The van der Waals surface area contributed by atoms with Gasteiger partial charge in [-0.1, -0.05) is 73.6 Å². The van der Waals surface area contributed by atoms with E-state index in [9.17, 15) is 0 Å². The molecule has 0 aliphatic rings. The number of benzene rings is 3. The van der Waals surface area contributed by atoms with E-state index in [1.54, 1.807) is 18.9 Å². The van der Waals surface area contributed by atoms with Gasteiger partial charge in [-0.15, -0.1) is 15.3 Å². The molecule has 9 nitrogen and oxygen atoms in total. The summed E-state index contributed by atoms with van der Waals surface area (Å²) >= 11 is 1.70. The predicted octanol–water partition coefficient (Wildman–Crippen LogP) is 5.96. The Bertz CT molecular complexity index is 1490. The number of unbranched alkanes of at least 4 members (excludes halogenated alkanes) is 1. The lowest BCUT2D eigenvalue weighted by Crippen LogP contribution is -2.13. The summed E-state index contributed by atoms with van der Waals surface area (Å²) in [6.07, 6.45) is 2.64. The van der Waals surface area contributed by atoms with E-state index in [1.807, 2.05) is 42.5 Å². The van der Waals surface area contributed by atoms with Gasteiger partial charge in [0.25, 0.3) is 0 Å². The fourth-order valence-electron chi connectivity index (χ4n) is 4.39. The number of hydrogen-bond acceptors (Lipinski definition) is 8. The van der Waals surface area contributed by atoms with Gasteiger partial charge in [-0.05, 0) is 64.7 Å². The number of nitrogens with zero attached hydrogens (tertiary/aromatic N) is 6. The molecule has 0 spiro atoms. The van der Waals surface area contributed by atoms with Gasteiger partial charge in [-0.2, -0.15) is 0 Å². The largest absolute Gasteiger partial charge is 0.497 e. The molecule has 1 unspecified atom stereocenters. The third kappa shape index (κ3) is 6.69. The van der Waals surface area contributed by atoms with Gasteiger partial charge in [0.15, 0.2) is 17.1 Å². The number of H-pyrrole nitrogens is 1. The molecule has 0 aliphatic heterocycles. The van der Waals surface area contributed by atoms with Gasteiger partial charge in [0.05, 0.1) is 13.7 Å². The lowest BCUT2D eigenvalue weighted by Gasteiger charge is -2.19. The molecule has 0 aliphatic carbocycles. The van der Waals surface area contributed by atoms with Gasteiger partial charge < -0.3 is 14.0 Å². The molecule has 1 N–H and O–H groups in total. The topological polar surface area (TPSA) is 104 Å². The van der Waals surface area contributed by atoms with Crippen LogP contribution in [0.25, 0.3) is 0 Å². The van der Waals surface area contributed by atoms with Crippen molar-refractivity contribution in [3.05, 3.63) is 107 Å². The first-order chi connectivity index (χ1) is 19.6. The molecule has 0 saturated carbocycles. The number of tetrazole rings is 1. The van der Waals surface area contributed by atoms with Crippen LogP contribution in [-0.2, 0) is 18.7 Å². The fraction of sp³-hybridized carbons (Fsp3) is 0.300. The molecule has 0 amide bonds. The highest BCUT2D eigenvalue weighted by Crippen LogP contribution is 2.29. The summed E-state index contributed by atoms with van der Waals surface area (Å²) in [5.41, 5.74) is 4.47. The van der Waals surface area contributed by atoms with Crippen LogP contribution in [0.5, 0.6) is 11.5 Å². The number of methoxy groups -OCH3 is 1. The van der Waals surface area contributed by atoms with Crippen molar-refractivity contribution in [1.82, 2.24) is 35.4 Å². The molecule has 5 rings (SSSR count). The molecule has 40 heavy (non-hydrogen) atoms. The Labute approximate surface area is 238 Å². The number of rotatable bonds is 13. The zero-order chi connectivity index (χ0) is 27.7. The minimum absolute atomic E-state index is 0.443. The molecule has 3 aromatic carbocycles. The summed E-state index contributed by atoms with van der Waals surface area (Å²) in [7, 11) is 1.68. The summed E-state index contributed by atoms with van der Waals surface area (Å²) in [6, 6.07) is 24.4. The monoisotopic (exact) mass is 555 g/mol. The Kier molecular flexibility index (Phi) is 9.07. The van der Waals surface area contributed by atoms with Crippen LogP contribution in [0.3, 0.4) is 0 Å². The summed E-state index contributed by atoms with van der Waals surface area (Å²) < 4.78 is 13.9. The minimum atomic E-state index is -0.443. The summed E-state index contributed by atoms with van der Waals surface area (Å²) in [5, 5.41) is 24.5. The van der Waals surface area contributed by atoms with Crippen LogP contribution in [0.2, 0.25) is 0 Å². The second kappa shape index (κ2) is 13.3. The Hall–Kier alpha value is -4.18. The van der Waals surface area contributed by atoms with Crippen molar-refractivity contribution in [2.75, 3.05) is 7.11 Å². The van der Waals surface area contributed by atoms with Crippen molar-refractivity contribution in [1.29, 1.82) is 0 Å². The number of aromatic nitrogens is 7. The van der Waals surface area contributed by atoms with Gasteiger partial charge in [0.2, 0.25) is 0 Å². The van der Waals surface area contributed by atoms with E-state index in [2.05, 4.69) is 79.6 Å². The van der Waals surface area contributed by atoms with Crippen molar-refractivity contribution < 1.29 is 9.47 Å². The molecular weight excluding hydrogens is 522 g/mol. The van der Waals surface area contributed by atoms with E-state index in [-0.39, 0.29) is 0 Å². The molecule has 10 heteroatoms. The standard InChI is InChI=1S/C30H33N7O2S/c1-4-5-10-27-31-34-30(40-20-23-13-15-24(38-3)16-14-23)37(27)19-22-11-17-25(18-12-22)39-28(29-32-35-36-33-29)26-9-7-6-8-21(26)2/h6-9,11-18,28H,4-5,10,19-20H2,1-3H3,(H,32,33,35,36). The van der Waals surface area contributed by atoms with Crippen LogP contribution in [0.15, 0.2) is 78.0 Å². The van der Waals surface area contributed by atoms with E-state index in [0.717, 1.165) is 64.2 Å². The van der Waals surface area contributed by atoms with Crippen molar-refractivity contribution >= 4 is 11.8 Å². The van der Waals surface area contributed by atoms with Crippen LogP contribution in [-0.4, -0.2) is 42.5 Å². The second-order valence-corrected chi connectivity index (χ2v) is 10.5. The maximum atomic E-state index is 6.40. The Balaban J connectivity index is 1.32. The summed E-state index contributed by atoms with van der Waals surface area (Å²) in [5.74, 6) is 3.96. The summed E-state index contributed by atoms with van der Waals surface area (Å²) in [4.78, 5) is 0. The van der Waals surface area contributed by atoms with Gasteiger partial charge in [-0.3, -0.25) is 0 Å². The number of aryl methyl sites for hydroxylation is 2. The number of aromatic amines is 1. The predicted molar refractivity (Wildman–Crippen MR) is 155 cm³/mol. The molecule has 0 radical (unpaired) electrons. The first kappa shape index (κ1) is 27.4. The van der Waals surface area contributed by atoms with Gasteiger partial charge in [0.1, 0.15) is 17.3 Å². The summed E-state index contributed by atoms with van der Waals surface area (Å²) in [6.45, 7) is 4.93. The average molecular weight is 556 g/mol. The van der Waals surface area contributed by atoms with E-state index in [0.29, 0.717) is 12.4 Å². The van der Waals surface area contributed by atoms with E-state index in [1.165, 1.54) is 5.56 Å². The van der Waals surface area contributed by atoms with Crippen molar-refractivity contribution in [2.24, 2.45) is 0 Å². The van der Waals surface area contributed by atoms with Gasteiger partial charge >= 0.3 is 0 Å². The lowest BCUT2D eigenvalue weighted by atomic mass is 10.0. The van der Waals surface area contributed by atoms with Crippen molar-refractivity contribution in [2.45, 2.75) is 56.7 Å². The molecule has 2 aromatic heterocycles. The third-order valence-electron chi connectivity index (χ3n) is 6.67. The Morgan fingerprint density at radius 1 is 0.900 bits per heavy atom. The van der Waals surface area contributed by atoms with E-state index in [4.69, 9.17) is 9.47 Å². The van der Waals surface area contributed by atoms with E-state index < -0.39 is 6.10 Å². The smallest absolute Gasteiger partial charge is 0.194 e. The van der Waals surface area contributed by atoms with E-state index >= 15 is 0 Å². The molecular formula is C30H33N7O2S. The number of hydrogen-bond donors (Lipinski definition) is 1. The molecule has 0 fully saturated rings. The molecule has 1 atom stereocenters. The van der Waals surface area contributed by atoms with Crippen LogP contribution in [0.1, 0.15) is 59.8 Å². The minimum Gasteiger partial charge on any atom is -0.497 e. The SMILES string of the molecule is CCCCc1nnc(SCc2ccc(OC)cc2)n1Cc1ccc(OC(c2nnn[nH]2)c2ccccc2C)cc1. The molecule has 0 bridgehead atoms. The zero-order valence-electron chi connectivity index (χ0n) is 22.9. The zero-order valence-corrected chi connectivity index (χ0v) is 23.8. The second-order valence-electron chi connectivity index (χ2n) is 9.51. The maximum Gasteiger partial charge on any atom is 0.194 e. The van der Waals surface area contributed by atoms with Gasteiger partial charge in [0, 0.05) is 17.7 Å². The van der Waals surface area contributed by atoms with Crippen LogP contribution < -0.4 is 9.47 Å². The van der Waals surface area contributed by atoms with Crippen molar-refractivity contribution in [3.63, 3.8) is 0 Å². The highest BCUT2D eigenvalue weighted by Gasteiger charge is 2.22. The highest BCUT2D eigenvalue weighted by atomic mass is 32.2. The Morgan fingerprint density at radius 3 is 2.35 bits per heavy atom. The quantitative estimate of drug-likeness (QED) is 0.178. The van der Waals surface area contributed by atoms with Crippen LogP contribution >= 0.6 is 11.8 Å². The first-order valence-electron chi connectivity index (χ1n) is 13.4. The lowest BCUT2D eigenvalue weighted by molar-refractivity contribution is 0.236. The maximum absolute atomic E-state index is 6.40. The molecule has 2 heterocycles. The molecule has 206 valence electrons. The third-order valence-corrected chi connectivity index (χ3v) is 7.71. The normalized spacial score (nSPS) is 11.9. The van der Waals surface area contributed by atoms with Crippen LogP contribution in [0.4, 0.5) is 0 Å². The highest BCUT2D eigenvalue weighted by molar-refractivity contribution is 7.98. The Morgan fingerprint density at radius 2 is 1.65 bits per heavy atom. The van der Waals surface area contributed by atoms with Crippen molar-refractivity contribution in [3.8, 4) is 11.5 Å². The molecule has 0 saturated heterocycles. The molecule has 5 aromatic rings. The first-order valence-corrected chi connectivity index (χ1v) is 14.4. The van der Waals surface area contributed by atoms with Gasteiger partial charge in [-0.25, -0.2) is 5.10 Å². The number of ether oxygens (including phenoxy) is 2.